The first-order valence-corrected chi connectivity index (χ1v) is 12.1. The second kappa shape index (κ2) is 10.4. The molecule has 1 aliphatic heterocycles. The van der Waals surface area contributed by atoms with Gasteiger partial charge in [0.25, 0.3) is 0 Å². The summed E-state index contributed by atoms with van der Waals surface area (Å²) < 4.78 is 21.8. The van der Waals surface area contributed by atoms with Crippen molar-refractivity contribution in [1.82, 2.24) is 0 Å². The highest BCUT2D eigenvalue weighted by atomic mass is 16.6. The number of carbonyl (C=O) groups excluding carboxylic acids is 2. The summed E-state index contributed by atoms with van der Waals surface area (Å²) in [7, 11) is 4.80. The number of epoxide rings is 1. The fraction of sp³-hybridized carbons (Fsp3) is 0.226. The minimum absolute atomic E-state index is 0.0973. The van der Waals surface area contributed by atoms with Gasteiger partial charge in [0.05, 0.1) is 27.4 Å². The average Bonchev–Trinajstić information content (AvgIpc) is 3.77. The molecule has 0 saturated carbocycles. The van der Waals surface area contributed by atoms with E-state index in [0.29, 0.717) is 40.2 Å². The first-order valence-electron chi connectivity index (χ1n) is 12.1. The molecule has 1 saturated heterocycles. The second-order valence-corrected chi connectivity index (χ2v) is 9.07. The van der Waals surface area contributed by atoms with Gasteiger partial charge in [0.2, 0.25) is 0 Å². The van der Waals surface area contributed by atoms with Crippen LogP contribution >= 0.6 is 0 Å². The quantitative estimate of drug-likeness (QED) is 0.276. The minimum Gasteiger partial charge on any atom is -0.497 e. The normalized spacial score (nSPS) is 20.4. The number of ether oxygens (including phenoxy) is 4. The fourth-order valence-electron chi connectivity index (χ4n) is 4.70. The highest BCUT2D eigenvalue weighted by molar-refractivity contribution is 6.14. The maximum absolute atomic E-state index is 13.5. The lowest BCUT2D eigenvalue weighted by atomic mass is 9.82. The summed E-state index contributed by atoms with van der Waals surface area (Å²) in [5.74, 6) is 1.76. The van der Waals surface area contributed by atoms with Crippen LogP contribution in [0.4, 0.5) is 0 Å². The molecule has 6 heteroatoms. The smallest absolute Gasteiger partial charge is 0.192 e. The largest absolute Gasteiger partial charge is 0.497 e. The van der Waals surface area contributed by atoms with Crippen molar-refractivity contribution in [2.75, 3.05) is 21.3 Å². The molecule has 0 N–H and O–H groups in total. The highest BCUT2D eigenvalue weighted by Crippen LogP contribution is 2.47. The topological polar surface area (TPSA) is 74.4 Å². The zero-order chi connectivity index (χ0) is 25.9. The molecule has 0 aromatic heterocycles. The van der Waals surface area contributed by atoms with E-state index in [9.17, 15) is 9.59 Å². The molecule has 2 aliphatic rings. The Morgan fingerprint density at radius 3 is 1.70 bits per heavy atom. The van der Waals surface area contributed by atoms with Gasteiger partial charge in [-0.1, -0.05) is 18.2 Å². The third kappa shape index (κ3) is 5.20. The van der Waals surface area contributed by atoms with E-state index in [4.69, 9.17) is 18.9 Å². The molecule has 1 fully saturated rings. The van der Waals surface area contributed by atoms with Gasteiger partial charge in [-0.25, -0.2) is 0 Å². The number of benzene rings is 3. The summed E-state index contributed by atoms with van der Waals surface area (Å²) in [5.41, 5.74) is 3.19. The van der Waals surface area contributed by atoms with E-state index in [1.54, 1.807) is 75.9 Å². The van der Waals surface area contributed by atoms with Crippen LogP contribution < -0.4 is 14.2 Å². The lowest BCUT2D eigenvalue weighted by Crippen LogP contribution is -2.19. The maximum Gasteiger partial charge on any atom is 0.192 e. The van der Waals surface area contributed by atoms with Gasteiger partial charge >= 0.3 is 0 Å². The minimum atomic E-state index is -0.144. The monoisotopic (exact) mass is 496 g/mol. The molecule has 37 heavy (non-hydrogen) atoms. The van der Waals surface area contributed by atoms with E-state index >= 15 is 0 Å². The van der Waals surface area contributed by atoms with Gasteiger partial charge in [-0.2, -0.15) is 0 Å². The van der Waals surface area contributed by atoms with Gasteiger partial charge < -0.3 is 18.9 Å². The van der Waals surface area contributed by atoms with E-state index in [1.165, 1.54) is 0 Å². The zero-order valence-electron chi connectivity index (χ0n) is 21.0. The maximum atomic E-state index is 13.5. The number of hydrogen-bond acceptors (Lipinski definition) is 6. The number of Topliss-reactive ketones (excluding diaryl/α,β-unsaturated/α-hetero) is 2. The van der Waals surface area contributed by atoms with Crippen LogP contribution in [0.1, 0.15) is 38.8 Å². The van der Waals surface area contributed by atoms with Crippen molar-refractivity contribution >= 4 is 11.6 Å². The van der Waals surface area contributed by atoms with Crippen LogP contribution in [0, 0.1) is 5.92 Å². The van der Waals surface area contributed by atoms with Crippen molar-refractivity contribution in [3.05, 3.63) is 113 Å². The van der Waals surface area contributed by atoms with Crippen molar-refractivity contribution in [2.24, 2.45) is 5.92 Å². The Kier molecular flexibility index (Phi) is 6.93. The van der Waals surface area contributed by atoms with Crippen molar-refractivity contribution in [2.45, 2.75) is 18.6 Å². The molecule has 0 radical (unpaired) electrons. The van der Waals surface area contributed by atoms with Crippen LogP contribution in [-0.2, 0) is 4.74 Å². The molecule has 1 heterocycles. The number of carbonyl (C=O) groups is 2. The molecular weight excluding hydrogens is 468 g/mol. The Bertz CT molecular complexity index is 1350. The third-order valence-corrected chi connectivity index (χ3v) is 6.83. The Morgan fingerprint density at radius 1 is 0.703 bits per heavy atom. The van der Waals surface area contributed by atoms with Gasteiger partial charge in [-0.3, -0.25) is 9.59 Å². The summed E-state index contributed by atoms with van der Waals surface area (Å²) in [6.07, 6.45) is 3.94. The molecule has 0 spiro atoms. The van der Waals surface area contributed by atoms with Crippen LogP contribution in [0.5, 0.6) is 17.2 Å². The van der Waals surface area contributed by atoms with Crippen molar-refractivity contribution in [1.29, 1.82) is 0 Å². The summed E-state index contributed by atoms with van der Waals surface area (Å²) in [6.45, 7) is 0. The summed E-state index contributed by atoms with van der Waals surface area (Å²) in [5, 5.41) is 0. The predicted molar refractivity (Wildman–Crippen MR) is 140 cm³/mol. The van der Waals surface area contributed by atoms with E-state index < -0.39 is 0 Å². The first-order chi connectivity index (χ1) is 18.0. The van der Waals surface area contributed by atoms with Gasteiger partial charge in [-0.05, 0) is 78.7 Å². The Labute approximate surface area is 216 Å². The molecule has 0 bridgehead atoms. The summed E-state index contributed by atoms with van der Waals surface area (Å²) in [6, 6.07) is 21.8. The molecule has 3 aromatic rings. The van der Waals surface area contributed by atoms with Crippen LogP contribution in [0.2, 0.25) is 0 Å². The number of methoxy groups -OCH3 is 3. The number of rotatable bonds is 9. The Balaban J connectivity index is 1.43. The molecule has 3 aromatic carbocycles. The average molecular weight is 497 g/mol. The summed E-state index contributed by atoms with van der Waals surface area (Å²) in [4.78, 5) is 26.9. The molecule has 0 amide bonds. The van der Waals surface area contributed by atoms with Crippen molar-refractivity contribution in [3.8, 4) is 17.2 Å². The van der Waals surface area contributed by atoms with Crippen molar-refractivity contribution in [3.63, 3.8) is 0 Å². The predicted octanol–water partition coefficient (Wildman–Crippen LogP) is 5.79. The van der Waals surface area contributed by atoms with E-state index in [1.807, 2.05) is 30.3 Å². The van der Waals surface area contributed by atoms with E-state index in [2.05, 4.69) is 0 Å². The van der Waals surface area contributed by atoms with Crippen LogP contribution in [0.25, 0.3) is 0 Å². The molecule has 1 aliphatic carbocycles. The standard InChI is InChI=1S/C31H28O6/c1-34-25-10-4-19(5-11-25)28(32)22-16-23(29(33)20-6-12-26(35-2)13-7-20)18-24(17-22)31-30(37-31)21-8-14-27(36-3)15-9-21/h4-17,24,30-31H,18H2,1-3H3. The molecule has 6 nitrogen and oxygen atoms in total. The van der Waals surface area contributed by atoms with Crippen LogP contribution in [0.15, 0.2) is 96.1 Å². The van der Waals surface area contributed by atoms with E-state index in [0.717, 1.165) is 11.3 Å². The van der Waals surface area contributed by atoms with E-state index in [-0.39, 0.29) is 29.7 Å². The second-order valence-electron chi connectivity index (χ2n) is 9.07. The fourth-order valence-corrected chi connectivity index (χ4v) is 4.70. The lowest BCUT2D eigenvalue weighted by molar-refractivity contribution is 0.102. The van der Waals surface area contributed by atoms with Crippen LogP contribution in [-0.4, -0.2) is 39.0 Å². The molecule has 188 valence electrons. The SMILES string of the molecule is COc1ccc(C(=O)C2=CC(C3OC3c3ccc(OC)cc3)CC(C(=O)c3ccc(OC)cc3)=C2)cc1. The Morgan fingerprint density at radius 2 is 1.19 bits per heavy atom. The molecule has 5 rings (SSSR count). The number of hydrogen-bond donors (Lipinski definition) is 0. The number of ketones is 2. The zero-order valence-corrected chi connectivity index (χ0v) is 21.0. The van der Waals surface area contributed by atoms with Gasteiger partial charge in [0.1, 0.15) is 23.4 Å². The molecule has 3 unspecified atom stereocenters. The van der Waals surface area contributed by atoms with Crippen molar-refractivity contribution < 1.29 is 28.5 Å². The molecular formula is C31H28O6. The number of allylic oxidation sites excluding steroid dienone is 3. The first kappa shape index (κ1) is 24.5. The van der Waals surface area contributed by atoms with Gasteiger partial charge in [-0.15, -0.1) is 0 Å². The molecule has 3 atom stereocenters. The van der Waals surface area contributed by atoms with Gasteiger partial charge in [0, 0.05) is 28.2 Å². The van der Waals surface area contributed by atoms with Crippen LogP contribution in [0.3, 0.4) is 0 Å². The highest BCUT2D eigenvalue weighted by Gasteiger charge is 2.46. The summed E-state index contributed by atoms with van der Waals surface area (Å²) >= 11 is 0. The third-order valence-electron chi connectivity index (χ3n) is 6.83. The Hall–Kier alpha value is -4.16. The van der Waals surface area contributed by atoms with Gasteiger partial charge in [0.15, 0.2) is 11.6 Å². The lowest BCUT2D eigenvalue weighted by Gasteiger charge is -2.20.